The zero-order valence-electron chi connectivity index (χ0n) is 30.3. The minimum atomic E-state index is -4.27. The van der Waals surface area contributed by atoms with Gasteiger partial charge in [0.05, 0.1) is 42.0 Å². The van der Waals surface area contributed by atoms with Gasteiger partial charge in [0.25, 0.3) is 9.84 Å². The molecule has 2 aromatic rings. The third-order valence-electron chi connectivity index (χ3n) is 11.9. The van der Waals surface area contributed by atoms with Gasteiger partial charge in [0.15, 0.2) is 13.2 Å². The maximum atomic E-state index is 13.0. The van der Waals surface area contributed by atoms with Crippen molar-refractivity contribution in [2.45, 2.75) is 94.9 Å². The maximum Gasteiger partial charge on any atom is 0.415 e. The fourth-order valence-corrected chi connectivity index (χ4v) is 10.8. The number of ether oxygens (including phenoxy) is 4. The van der Waals surface area contributed by atoms with E-state index in [1.807, 2.05) is 0 Å². The first-order chi connectivity index (χ1) is 24.6. The molecule has 3 aliphatic rings. The summed E-state index contributed by atoms with van der Waals surface area (Å²) in [5, 5.41) is 14.5. The normalized spacial score (nSPS) is 29.6. The molecule has 3 fully saturated rings. The summed E-state index contributed by atoms with van der Waals surface area (Å²) in [6.07, 6.45) is 9.20. The van der Waals surface area contributed by atoms with Crippen LogP contribution in [0.3, 0.4) is 0 Å². The molecule has 6 atom stereocenters. The van der Waals surface area contributed by atoms with E-state index in [0.717, 1.165) is 51.4 Å². The second-order valence-corrected chi connectivity index (χ2v) is 17.1. The van der Waals surface area contributed by atoms with Gasteiger partial charge in [-0.3, -0.25) is 19.0 Å². The number of esters is 3. The van der Waals surface area contributed by atoms with E-state index in [-0.39, 0.29) is 70.6 Å². The molecule has 1 aromatic carbocycles. The van der Waals surface area contributed by atoms with Gasteiger partial charge in [-0.05, 0) is 91.6 Å². The Hall–Kier alpha value is -4.38. The van der Waals surface area contributed by atoms with Gasteiger partial charge in [-0.25, -0.2) is 8.42 Å². The highest BCUT2D eigenvalue weighted by Crippen LogP contribution is 2.69. The van der Waals surface area contributed by atoms with Crippen LogP contribution in [0.4, 0.5) is 0 Å². The average molecular weight is 741 g/mol. The van der Waals surface area contributed by atoms with Gasteiger partial charge in [-0.1, -0.05) is 56.4 Å². The molecule has 1 aromatic heterocycles. The molecule has 0 N–H and O–H groups in total. The Morgan fingerprint density at radius 3 is 2.37 bits per heavy atom. The summed E-state index contributed by atoms with van der Waals surface area (Å²) in [4.78, 5) is 37.5. The van der Waals surface area contributed by atoms with Crippen molar-refractivity contribution in [1.29, 1.82) is 0 Å². The van der Waals surface area contributed by atoms with Crippen molar-refractivity contribution in [3.63, 3.8) is 0 Å². The first kappa shape index (κ1) is 38.8. The van der Waals surface area contributed by atoms with Crippen LogP contribution in [0.5, 0.6) is 5.88 Å². The Kier molecular flexibility index (Phi) is 11.4. The molecule has 0 bridgehead atoms. The number of rotatable bonds is 12. The summed E-state index contributed by atoms with van der Waals surface area (Å²) in [6, 6.07) is 7.26. The van der Waals surface area contributed by atoms with E-state index in [2.05, 4.69) is 55.1 Å². The molecule has 13 nitrogen and oxygen atoms in total. The van der Waals surface area contributed by atoms with Gasteiger partial charge in [0.2, 0.25) is 0 Å². The standard InChI is InChI=1S/C38H48N2O11S/c1-6-38-22-18-28-36(3,19-12-20-37(28,4)34(43)47-5)29(38)17-21-35(2,25-38)26-50-31(42)16-15-30(41)48-23-10-11-24-49-32-33(40(44)51-39-32)52(45,46)27-13-8-7-9-14-27/h6-9,13-14,28-29H,1,12,15-26H2,2-5H3/t28?,29?,35-,36+,37+,38?/m0/s1. The lowest BCUT2D eigenvalue weighted by molar-refractivity contribution is -0.832. The van der Waals surface area contributed by atoms with Crippen LogP contribution in [0.2, 0.25) is 0 Å². The van der Waals surface area contributed by atoms with Crippen molar-refractivity contribution in [1.82, 2.24) is 5.16 Å². The van der Waals surface area contributed by atoms with Crippen molar-refractivity contribution in [3.05, 3.63) is 48.2 Å². The minimum absolute atomic E-state index is 0.0173. The van der Waals surface area contributed by atoms with Crippen molar-refractivity contribution in [3.8, 4) is 17.7 Å². The SMILES string of the molecule is C=CC12CCC3[C@@](C)(CCC[C@@]3(C)C(=O)OC)C1CC[C@](C)(COC(=O)CCC(=O)OCC#CCOc1no[n+]([O-])c1S(=O)(=O)c1ccccc1)C2. The van der Waals surface area contributed by atoms with E-state index in [1.165, 1.54) is 31.4 Å². The Labute approximate surface area is 304 Å². The smallest absolute Gasteiger partial charge is 0.415 e. The summed E-state index contributed by atoms with van der Waals surface area (Å²) in [5.74, 6) is 3.91. The number of benzene rings is 1. The van der Waals surface area contributed by atoms with Crippen LogP contribution in [-0.4, -0.2) is 58.4 Å². The lowest BCUT2D eigenvalue weighted by atomic mass is 9.39. The maximum absolute atomic E-state index is 13.0. The number of carbonyl (C=O) groups excluding carboxylic acids is 3. The summed E-state index contributed by atoms with van der Waals surface area (Å²) in [6.45, 7) is 10.5. The van der Waals surface area contributed by atoms with Gasteiger partial charge in [-0.2, -0.15) is 0 Å². The van der Waals surface area contributed by atoms with Gasteiger partial charge in [-0.15, -0.1) is 6.58 Å². The number of hydrogen-bond acceptors (Lipinski definition) is 12. The second-order valence-electron chi connectivity index (χ2n) is 15.2. The fraction of sp³-hybridized carbons (Fsp3) is 0.605. The molecule has 3 aliphatic carbocycles. The summed E-state index contributed by atoms with van der Waals surface area (Å²) < 4.78 is 51.4. The molecule has 52 heavy (non-hydrogen) atoms. The Bertz CT molecular complexity index is 1830. The fourth-order valence-electron chi connectivity index (χ4n) is 9.51. The number of methoxy groups -OCH3 is 1. The van der Waals surface area contributed by atoms with Crippen LogP contribution < -0.4 is 9.64 Å². The summed E-state index contributed by atoms with van der Waals surface area (Å²) in [7, 11) is -2.79. The van der Waals surface area contributed by atoms with Crippen LogP contribution in [0.15, 0.2) is 57.5 Å². The number of nitrogens with zero attached hydrogens (tertiary/aromatic N) is 2. The van der Waals surface area contributed by atoms with Crippen LogP contribution in [0.1, 0.15) is 85.0 Å². The Morgan fingerprint density at radius 2 is 1.67 bits per heavy atom. The van der Waals surface area contributed by atoms with E-state index in [1.54, 1.807) is 6.07 Å². The first-order valence-electron chi connectivity index (χ1n) is 17.7. The molecule has 3 saturated carbocycles. The van der Waals surface area contributed by atoms with E-state index < -0.39 is 38.1 Å². The molecular formula is C38H48N2O11S. The van der Waals surface area contributed by atoms with Crippen molar-refractivity contribution >= 4 is 27.7 Å². The molecule has 0 amide bonds. The largest absolute Gasteiger partial charge is 0.469 e. The number of aromatic nitrogens is 2. The topological polar surface area (TPSA) is 175 Å². The molecule has 5 rings (SSSR count). The number of carbonyl (C=O) groups is 3. The van der Waals surface area contributed by atoms with E-state index in [0.29, 0.717) is 5.92 Å². The lowest BCUT2D eigenvalue weighted by Crippen LogP contribution is -2.60. The summed E-state index contributed by atoms with van der Waals surface area (Å²) in [5.41, 5.74) is -0.884. The Morgan fingerprint density at radius 1 is 1.00 bits per heavy atom. The van der Waals surface area contributed by atoms with E-state index in [4.69, 9.17) is 18.9 Å². The molecule has 3 unspecified atom stereocenters. The molecule has 0 radical (unpaired) electrons. The van der Waals surface area contributed by atoms with Crippen LogP contribution in [0.25, 0.3) is 0 Å². The highest BCUT2D eigenvalue weighted by atomic mass is 32.2. The van der Waals surface area contributed by atoms with E-state index in [9.17, 15) is 28.0 Å². The van der Waals surface area contributed by atoms with Crippen molar-refractivity contribution in [2.24, 2.45) is 33.5 Å². The number of sulfone groups is 1. The highest BCUT2D eigenvalue weighted by molar-refractivity contribution is 7.91. The predicted molar refractivity (Wildman–Crippen MR) is 185 cm³/mol. The monoisotopic (exact) mass is 740 g/mol. The van der Waals surface area contributed by atoms with Crippen molar-refractivity contribution < 1.29 is 51.3 Å². The molecule has 0 spiro atoms. The molecular weight excluding hydrogens is 692 g/mol. The zero-order chi connectivity index (χ0) is 37.8. The van der Waals surface area contributed by atoms with Gasteiger partial charge in [0, 0.05) is 5.41 Å². The average Bonchev–Trinajstić information content (AvgIpc) is 3.51. The van der Waals surface area contributed by atoms with Crippen molar-refractivity contribution in [2.75, 3.05) is 26.9 Å². The number of hydrogen-bond donors (Lipinski definition) is 0. The van der Waals surface area contributed by atoms with Gasteiger partial charge in [0.1, 0.15) is 0 Å². The minimum Gasteiger partial charge on any atom is -0.469 e. The number of allylic oxidation sites excluding steroid dienone is 1. The van der Waals surface area contributed by atoms with Crippen LogP contribution in [0, 0.1) is 50.5 Å². The first-order valence-corrected chi connectivity index (χ1v) is 19.1. The van der Waals surface area contributed by atoms with Gasteiger partial charge < -0.3 is 24.2 Å². The Balaban J connectivity index is 1.06. The molecule has 14 heteroatoms. The van der Waals surface area contributed by atoms with E-state index >= 15 is 0 Å². The molecule has 0 aliphatic heterocycles. The second kappa shape index (κ2) is 15.3. The highest BCUT2D eigenvalue weighted by Gasteiger charge is 2.64. The number of fused-ring (bicyclic) bond motifs is 3. The predicted octanol–water partition coefficient (Wildman–Crippen LogP) is 5.15. The third kappa shape index (κ3) is 7.56. The summed E-state index contributed by atoms with van der Waals surface area (Å²) >= 11 is 0. The third-order valence-corrected chi connectivity index (χ3v) is 13.6. The lowest BCUT2D eigenvalue weighted by Gasteiger charge is -2.65. The van der Waals surface area contributed by atoms with Crippen LogP contribution >= 0.6 is 0 Å². The zero-order valence-corrected chi connectivity index (χ0v) is 31.1. The van der Waals surface area contributed by atoms with Crippen LogP contribution in [-0.2, 0) is 38.4 Å². The van der Waals surface area contributed by atoms with Gasteiger partial charge >= 0.3 is 28.8 Å². The molecule has 0 saturated heterocycles. The molecule has 282 valence electrons. The molecule has 1 heterocycles. The quantitative estimate of drug-likeness (QED) is 0.0922.